The second-order valence-corrected chi connectivity index (χ2v) is 10.6. The minimum absolute atomic E-state index is 0.0858. The summed E-state index contributed by atoms with van der Waals surface area (Å²) in [4.78, 5) is 18.5. The Hall–Kier alpha value is -2.10. The van der Waals surface area contributed by atoms with E-state index in [1.54, 1.807) is 23.5 Å². The third-order valence-corrected chi connectivity index (χ3v) is 8.44. The van der Waals surface area contributed by atoms with Crippen LogP contribution in [0.1, 0.15) is 23.0 Å². The number of sulfonamides is 1. The molecule has 0 amide bonds. The Bertz CT molecular complexity index is 1180. The Labute approximate surface area is 191 Å². The Morgan fingerprint density at radius 1 is 1.06 bits per heavy atom. The molecular weight excluding hydrogens is 454 g/mol. The molecule has 162 valence electrons. The molecule has 6 nitrogen and oxygen atoms in total. The maximum Gasteiger partial charge on any atom is 0.243 e. The molecule has 0 atom stereocenters. The number of hydrogen-bond acceptors (Lipinski definition) is 6. The summed E-state index contributed by atoms with van der Waals surface area (Å²) >= 11 is 7.83. The molecule has 0 spiro atoms. The van der Waals surface area contributed by atoms with Crippen LogP contribution in [0.25, 0.3) is 10.6 Å². The predicted octanol–water partition coefficient (Wildman–Crippen LogP) is 4.17. The van der Waals surface area contributed by atoms with Gasteiger partial charge in [-0.25, -0.2) is 13.4 Å². The number of ketones is 1. The Morgan fingerprint density at radius 3 is 2.39 bits per heavy atom. The molecule has 1 aliphatic heterocycles. The molecule has 2 aromatic carbocycles. The van der Waals surface area contributed by atoms with Gasteiger partial charge in [-0.1, -0.05) is 41.9 Å². The number of halogens is 1. The molecule has 0 saturated carbocycles. The number of aromatic nitrogens is 1. The third-order valence-electron chi connectivity index (χ3n) is 5.27. The van der Waals surface area contributed by atoms with Gasteiger partial charge in [0, 0.05) is 49.2 Å². The molecule has 2 heterocycles. The average Bonchev–Trinajstić information content (AvgIpc) is 3.22. The highest BCUT2D eigenvalue weighted by molar-refractivity contribution is 7.89. The van der Waals surface area contributed by atoms with Crippen molar-refractivity contribution < 1.29 is 13.2 Å². The zero-order valence-electron chi connectivity index (χ0n) is 17.0. The maximum absolute atomic E-state index is 12.9. The largest absolute Gasteiger partial charge is 0.295 e. The summed E-state index contributed by atoms with van der Waals surface area (Å²) in [6.45, 7) is 4.22. The zero-order valence-corrected chi connectivity index (χ0v) is 19.4. The topological polar surface area (TPSA) is 70.6 Å². The number of benzene rings is 2. The monoisotopic (exact) mass is 475 g/mol. The van der Waals surface area contributed by atoms with Crippen LogP contribution in [0, 0.1) is 0 Å². The maximum atomic E-state index is 12.9. The molecule has 0 N–H and O–H groups in total. The van der Waals surface area contributed by atoms with Crippen LogP contribution < -0.4 is 0 Å². The van der Waals surface area contributed by atoms with E-state index in [4.69, 9.17) is 16.6 Å². The summed E-state index contributed by atoms with van der Waals surface area (Å²) in [5, 5.41) is 3.59. The van der Waals surface area contributed by atoms with Crippen molar-refractivity contribution in [1.82, 2.24) is 14.2 Å². The fraction of sp³-hybridized carbons (Fsp3) is 0.273. The first-order chi connectivity index (χ1) is 14.8. The van der Waals surface area contributed by atoms with Gasteiger partial charge in [-0.15, -0.1) is 11.3 Å². The van der Waals surface area contributed by atoms with E-state index in [0.717, 1.165) is 16.3 Å². The van der Waals surface area contributed by atoms with Crippen molar-refractivity contribution in [2.45, 2.75) is 18.4 Å². The lowest BCUT2D eigenvalue weighted by molar-refractivity contribution is 0.101. The van der Waals surface area contributed by atoms with E-state index in [0.29, 0.717) is 43.3 Å². The second-order valence-electron chi connectivity index (χ2n) is 7.38. The van der Waals surface area contributed by atoms with Crippen molar-refractivity contribution in [3.05, 3.63) is 70.2 Å². The first-order valence-corrected chi connectivity index (χ1v) is 12.6. The number of carbonyl (C=O) groups excluding carboxylic acids is 1. The average molecular weight is 476 g/mol. The molecular formula is C22H22ClN3O3S2. The van der Waals surface area contributed by atoms with E-state index in [2.05, 4.69) is 4.90 Å². The van der Waals surface area contributed by atoms with E-state index in [9.17, 15) is 13.2 Å². The number of Topliss-reactive ketones (excluding diaryl/α,β-unsaturated/α-hetero) is 1. The molecule has 3 aromatic rings. The summed E-state index contributed by atoms with van der Waals surface area (Å²) in [6.07, 6.45) is 0. The van der Waals surface area contributed by atoms with Gasteiger partial charge in [-0.05, 0) is 25.1 Å². The highest BCUT2D eigenvalue weighted by atomic mass is 35.5. The Balaban J connectivity index is 1.38. The molecule has 31 heavy (non-hydrogen) atoms. The van der Waals surface area contributed by atoms with Crippen LogP contribution >= 0.6 is 22.9 Å². The van der Waals surface area contributed by atoms with Crippen LogP contribution in [0.4, 0.5) is 0 Å². The third kappa shape index (κ3) is 4.88. The molecule has 0 radical (unpaired) electrons. The van der Waals surface area contributed by atoms with E-state index in [1.807, 2.05) is 29.6 Å². The van der Waals surface area contributed by atoms with E-state index < -0.39 is 10.0 Å². The van der Waals surface area contributed by atoms with Gasteiger partial charge in [0.2, 0.25) is 10.0 Å². The number of piperazine rings is 1. The van der Waals surface area contributed by atoms with E-state index in [-0.39, 0.29) is 10.7 Å². The summed E-state index contributed by atoms with van der Waals surface area (Å²) in [7, 11) is -3.57. The van der Waals surface area contributed by atoms with E-state index in [1.165, 1.54) is 23.4 Å². The van der Waals surface area contributed by atoms with Gasteiger partial charge in [0.15, 0.2) is 5.78 Å². The number of rotatable bonds is 6. The fourth-order valence-corrected chi connectivity index (χ4v) is 6.06. The molecule has 9 heteroatoms. The van der Waals surface area contributed by atoms with Crippen LogP contribution in [0.15, 0.2) is 58.8 Å². The summed E-state index contributed by atoms with van der Waals surface area (Å²) in [5.41, 5.74) is 2.38. The highest BCUT2D eigenvalue weighted by Crippen LogP contribution is 2.30. The van der Waals surface area contributed by atoms with Crippen LogP contribution in [-0.2, 0) is 16.6 Å². The first-order valence-electron chi connectivity index (χ1n) is 9.87. The fourth-order valence-electron chi connectivity index (χ4n) is 3.51. The molecule has 1 aliphatic rings. The predicted molar refractivity (Wildman–Crippen MR) is 123 cm³/mol. The number of thiazole rings is 1. The van der Waals surface area contributed by atoms with Crippen molar-refractivity contribution in [2.24, 2.45) is 0 Å². The quantitative estimate of drug-likeness (QED) is 0.500. The van der Waals surface area contributed by atoms with Gasteiger partial charge in [-0.3, -0.25) is 9.69 Å². The van der Waals surface area contributed by atoms with Crippen molar-refractivity contribution in [3.63, 3.8) is 0 Å². The lowest BCUT2D eigenvalue weighted by Gasteiger charge is -2.33. The van der Waals surface area contributed by atoms with Gasteiger partial charge in [0.1, 0.15) is 5.01 Å². The Morgan fingerprint density at radius 2 is 1.74 bits per heavy atom. The van der Waals surface area contributed by atoms with Gasteiger partial charge in [0.25, 0.3) is 0 Å². The van der Waals surface area contributed by atoms with Gasteiger partial charge in [0.05, 0.1) is 15.6 Å². The van der Waals surface area contributed by atoms with Crippen LogP contribution in [0.3, 0.4) is 0 Å². The first kappa shape index (κ1) is 22.1. The molecule has 0 unspecified atom stereocenters. The molecule has 0 bridgehead atoms. The second kappa shape index (κ2) is 9.18. The summed E-state index contributed by atoms with van der Waals surface area (Å²) in [6, 6.07) is 13.8. The number of hydrogen-bond donors (Lipinski definition) is 0. The van der Waals surface area contributed by atoms with Crippen LogP contribution in [-0.4, -0.2) is 54.6 Å². The number of carbonyl (C=O) groups is 1. The SMILES string of the molecule is CC(=O)c1ccc(S(=O)(=O)N2CCN(Cc3csc(-c4ccccc4Cl)n3)CC2)cc1. The smallest absolute Gasteiger partial charge is 0.243 e. The molecule has 0 aliphatic carbocycles. The minimum Gasteiger partial charge on any atom is -0.295 e. The van der Waals surface area contributed by atoms with Gasteiger partial charge < -0.3 is 0 Å². The summed E-state index contributed by atoms with van der Waals surface area (Å²) in [5.74, 6) is -0.0858. The number of nitrogens with zero attached hydrogens (tertiary/aromatic N) is 3. The molecule has 1 fully saturated rings. The van der Waals surface area contributed by atoms with Crippen LogP contribution in [0.2, 0.25) is 5.02 Å². The normalized spacial score (nSPS) is 15.8. The van der Waals surface area contributed by atoms with Crippen molar-refractivity contribution in [3.8, 4) is 10.6 Å². The zero-order chi connectivity index (χ0) is 22.0. The minimum atomic E-state index is -3.57. The van der Waals surface area contributed by atoms with Crippen molar-refractivity contribution in [2.75, 3.05) is 26.2 Å². The lowest BCUT2D eigenvalue weighted by Crippen LogP contribution is -2.48. The van der Waals surface area contributed by atoms with Crippen molar-refractivity contribution in [1.29, 1.82) is 0 Å². The molecule has 4 rings (SSSR count). The van der Waals surface area contributed by atoms with Gasteiger partial charge >= 0.3 is 0 Å². The molecule has 1 aromatic heterocycles. The van der Waals surface area contributed by atoms with Crippen molar-refractivity contribution >= 4 is 38.7 Å². The van der Waals surface area contributed by atoms with E-state index >= 15 is 0 Å². The molecule has 1 saturated heterocycles. The lowest BCUT2D eigenvalue weighted by atomic mass is 10.2. The van der Waals surface area contributed by atoms with Gasteiger partial charge in [-0.2, -0.15) is 4.31 Å². The highest BCUT2D eigenvalue weighted by Gasteiger charge is 2.28. The standard InChI is InChI=1S/C22H22ClN3O3S2/c1-16(27)17-6-8-19(9-7-17)31(28,29)26-12-10-25(11-13-26)14-18-15-30-22(24-18)20-4-2-3-5-21(20)23/h2-9,15H,10-14H2,1H3. The summed E-state index contributed by atoms with van der Waals surface area (Å²) < 4.78 is 27.4. The van der Waals surface area contributed by atoms with Crippen LogP contribution in [0.5, 0.6) is 0 Å². The Kier molecular flexibility index (Phi) is 6.55.